The van der Waals surface area contributed by atoms with Crippen molar-refractivity contribution >= 4 is 28.1 Å². The number of nitrogens with two attached hydrogens (primary N) is 1. The second-order valence-corrected chi connectivity index (χ2v) is 6.82. The number of carbonyl (C=O) groups is 1. The van der Waals surface area contributed by atoms with Crippen LogP contribution in [0.4, 0.5) is 11.4 Å². The Hall–Kier alpha value is -1.36. The first-order valence-electron chi connectivity index (χ1n) is 6.93. The van der Waals surface area contributed by atoms with E-state index in [-0.39, 0.29) is 12.3 Å². The quantitative estimate of drug-likeness (QED) is 0.760. The van der Waals surface area contributed by atoms with E-state index >= 15 is 0 Å². The van der Waals surface area contributed by atoms with Crippen molar-refractivity contribution in [3.63, 3.8) is 0 Å². The molecule has 0 fully saturated rings. The highest BCUT2D eigenvalue weighted by molar-refractivity contribution is 7.85. The molecular weight excluding hydrogens is 272 g/mol. The molecule has 1 rings (SSSR count). The first-order chi connectivity index (χ1) is 9.42. The van der Waals surface area contributed by atoms with Crippen molar-refractivity contribution in [2.75, 3.05) is 22.6 Å². The van der Waals surface area contributed by atoms with E-state index in [9.17, 15) is 9.00 Å². The molecule has 0 saturated heterocycles. The molecule has 0 radical (unpaired) electrons. The fourth-order valence-electron chi connectivity index (χ4n) is 1.76. The average Bonchev–Trinajstić information content (AvgIpc) is 2.39. The van der Waals surface area contributed by atoms with Crippen LogP contribution in [-0.4, -0.2) is 21.6 Å². The van der Waals surface area contributed by atoms with Gasteiger partial charge in [0.05, 0.1) is 0 Å². The van der Waals surface area contributed by atoms with Crippen molar-refractivity contribution < 1.29 is 9.00 Å². The molecule has 0 aliphatic carbocycles. The lowest BCUT2D eigenvalue weighted by atomic mass is 10.2. The summed E-state index contributed by atoms with van der Waals surface area (Å²) in [7, 11) is -0.918. The van der Waals surface area contributed by atoms with Crippen molar-refractivity contribution in [2.24, 2.45) is 5.92 Å². The maximum atomic E-state index is 11.8. The van der Waals surface area contributed by atoms with Gasteiger partial charge in [0.25, 0.3) is 0 Å². The lowest BCUT2D eigenvalue weighted by molar-refractivity contribution is -0.115. The minimum Gasteiger partial charge on any atom is -0.399 e. The van der Waals surface area contributed by atoms with Gasteiger partial charge in [0.15, 0.2) is 0 Å². The van der Waals surface area contributed by atoms with Crippen LogP contribution in [0.1, 0.15) is 32.3 Å². The Kier molecular flexibility index (Phi) is 6.71. The summed E-state index contributed by atoms with van der Waals surface area (Å²) in [6.45, 7) is 6.06. The van der Waals surface area contributed by atoms with Crippen LogP contribution in [0, 0.1) is 12.8 Å². The van der Waals surface area contributed by atoms with Crippen molar-refractivity contribution in [1.29, 1.82) is 0 Å². The molecule has 1 amide bonds. The Morgan fingerprint density at radius 1 is 1.45 bits per heavy atom. The standard InChI is InChI=1S/C15H24N2O2S/c1-4-11(2)10-20(19)8-7-15(18)17-14-6-5-13(16)9-12(14)3/h5-6,9,11H,4,7-8,10,16H2,1-3H3,(H,17,18). The molecule has 1 aromatic carbocycles. The topological polar surface area (TPSA) is 72.2 Å². The van der Waals surface area contributed by atoms with Gasteiger partial charge in [0.2, 0.25) is 5.91 Å². The Labute approximate surface area is 123 Å². The number of rotatable bonds is 7. The molecule has 20 heavy (non-hydrogen) atoms. The predicted octanol–water partition coefficient (Wildman–Crippen LogP) is 2.70. The van der Waals surface area contributed by atoms with Crippen molar-refractivity contribution in [2.45, 2.75) is 33.6 Å². The Morgan fingerprint density at radius 3 is 2.75 bits per heavy atom. The van der Waals surface area contributed by atoms with Crippen LogP contribution < -0.4 is 11.1 Å². The fraction of sp³-hybridized carbons (Fsp3) is 0.533. The highest BCUT2D eigenvalue weighted by Crippen LogP contribution is 2.17. The smallest absolute Gasteiger partial charge is 0.225 e. The van der Waals surface area contributed by atoms with Crippen LogP contribution in [0.5, 0.6) is 0 Å². The van der Waals surface area contributed by atoms with Crippen LogP contribution in [0.2, 0.25) is 0 Å². The summed E-state index contributed by atoms with van der Waals surface area (Å²) in [4.78, 5) is 11.8. The van der Waals surface area contributed by atoms with Crippen molar-refractivity contribution in [3.05, 3.63) is 23.8 Å². The van der Waals surface area contributed by atoms with Crippen LogP contribution >= 0.6 is 0 Å². The van der Waals surface area contributed by atoms with E-state index in [1.54, 1.807) is 12.1 Å². The zero-order valence-corrected chi connectivity index (χ0v) is 13.3. The maximum Gasteiger partial charge on any atom is 0.225 e. The number of nitrogen functional groups attached to an aromatic ring is 1. The van der Waals surface area contributed by atoms with E-state index in [2.05, 4.69) is 19.2 Å². The van der Waals surface area contributed by atoms with Crippen LogP contribution in [0.15, 0.2) is 18.2 Å². The largest absolute Gasteiger partial charge is 0.399 e. The molecule has 4 nitrogen and oxygen atoms in total. The summed E-state index contributed by atoms with van der Waals surface area (Å²) >= 11 is 0. The van der Waals surface area contributed by atoms with E-state index in [4.69, 9.17) is 5.73 Å². The van der Waals surface area contributed by atoms with Crippen LogP contribution in [-0.2, 0) is 15.6 Å². The molecule has 1 aromatic rings. The van der Waals surface area contributed by atoms with Crippen molar-refractivity contribution in [3.8, 4) is 0 Å². The molecule has 0 bridgehead atoms. The molecule has 5 heteroatoms. The molecule has 0 aliphatic heterocycles. The van der Waals surface area contributed by atoms with Gasteiger partial charge < -0.3 is 11.1 Å². The fourth-order valence-corrected chi connectivity index (χ4v) is 3.21. The summed E-state index contributed by atoms with van der Waals surface area (Å²) in [6.07, 6.45) is 1.30. The lowest BCUT2D eigenvalue weighted by Crippen LogP contribution is -2.18. The Balaban J connectivity index is 2.42. The molecule has 0 aromatic heterocycles. The molecule has 0 heterocycles. The van der Waals surface area contributed by atoms with Gasteiger partial charge in [0.1, 0.15) is 0 Å². The number of anilines is 2. The highest BCUT2D eigenvalue weighted by Gasteiger charge is 2.10. The summed E-state index contributed by atoms with van der Waals surface area (Å²) < 4.78 is 11.8. The number of carbonyl (C=O) groups excluding carboxylic acids is 1. The number of aryl methyl sites for hydroxylation is 1. The molecule has 2 unspecified atom stereocenters. The van der Waals surface area contributed by atoms with E-state index in [1.807, 2.05) is 13.0 Å². The van der Waals surface area contributed by atoms with Crippen LogP contribution in [0.3, 0.4) is 0 Å². The summed E-state index contributed by atoms with van der Waals surface area (Å²) in [5.41, 5.74) is 8.03. The lowest BCUT2D eigenvalue weighted by Gasteiger charge is -2.10. The number of benzene rings is 1. The summed E-state index contributed by atoms with van der Waals surface area (Å²) in [5, 5.41) is 2.83. The zero-order valence-electron chi connectivity index (χ0n) is 12.4. The minimum atomic E-state index is -0.918. The Bertz CT molecular complexity index is 489. The maximum absolute atomic E-state index is 11.8. The van der Waals surface area contributed by atoms with Crippen molar-refractivity contribution in [1.82, 2.24) is 0 Å². The normalized spacial score (nSPS) is 13.8. The number of amides is 1. The second kappa shape index (κ2) is 8.04. The van der Waals surface area contributed by atoms with E-state index in [0.717, 1.165) is 17.7 Å². The second-order valence-electron chi connectivity index (χ2n) is 5.20. The third-order valence-electron chi connectivity index (χ3n) is 3.25. The van der Waals surface area contributed by atoms with Gasteiger partial charge in [-0.15, -0.1) is 0 Å². The number of hydrogen-bond acceptors (Lipinski definition) is 3. The molecule has 0 aliphatic rings. The number of nitrogens with one attached hydrogen (secondary N) is 1. The van der Waals surface area contributed by atoms with Crippen LogP contribution in [0.25, 0.3) is 0 Å². The third-order valence-corrected chi connectivity index (χ3v) is 4.85. The molecule has 0 spiro atoms. The SMILES string of the molecule is CCC(C)CS(=O)CCC(=O)Nc1ccc(N)cc1C. The molecule has 3 N–H and O–H groups in total. The number of hydrogen-bond donors (Lipinski definition) is 2. The van der Waals surface area contributed by atoms with E-state index in [1.165, 1.54) is 0 Å². The molecule has 112 valence electrons. The third kappa shape index (κ3) is 5.74. The average molecular weight is 296 g/mol. The van der Waals surface area contributed by atoms with Gasteiger partial charge in [-0.25, -0.2) is 0 Å². The Morgan fingerprint density at radius 2 is 2.15 bits per heavy atom. The first kappa shape index (κ1) is 16.7. The highest BCUT2D eigenvalue weighted by atomic mass is 32.2. The molecular formula is C15H24N2O2S. The van der Waals surface area contributed by atoms with Gasteiger partial charge in [-0.3, -0.25) is 9.00 Å². The zero-order chi connectivity index (χ0) is 15.1. The monoisotopic (exact) mass is 296 g/mol. The summed E-state index contributed by atoms with van der Waals surface area (Å²) in [5.74, 6) is 1.43. The first-order valence-corrected chi connectivity index (χ1v) is 8.42. The van der Waals surface area contributed by atoms with Gasteiger partial charge in [-0.05, 0) is 36.6 Å². The predicted molar refractivity (Wildman–Crippen MR) is 86.2 cm³/mol. The van der Waals surface area contributed by atoms with Gasteiger partial charge in [-0.1, -0.05) is 20.3 Å². The van der Waals surface area contributed by atoms with E-state index in [0.29, 0.717) is 23.1 Å². The molecule has 2 atom stereocenters. The van der Waals surface area contributed by atoms with Gasteiger partial charge in [-0.2, -0.15) is 0 Å². The van der Waals surface area contributed by atoms with Gasteiger partial charge >= 0.3 is 0 Å². The van der Waals surface area contributed by atoms with E-state index < -0.39 is 10.8 Å². The molecule has 0 saturated carbocycles. The summed E-state index contributed by atoms with van der Waals surface area (Å²) in [6, 6.07) is 5.36. The minimum absolute atomic E-state index is 0.102. The van der Waals surface area contributed by atoms with Gasteiger partial charge in [0, 0.05) is 40.1 Å².